The summed E-state index contributed by atoms with van der Waals surface area (Å²) in [6.07, 6.45) is 0. The molecule has 76 valence electrons. The van der Waals surface area contributed by atoms with Crippen molar-refractivity contribution in [1.29, 1.82) is 0 Å². The number of rotatable bonds is 3. The standard InChI is InChI=1S/C9H19N3O/c10-8-12-3-1-11(2-4-12)5-9-6-13-7-9/h9H,1-8,10H2. The Labute approximate surface area is 79.6 Å². The maximum absolute atomic E-state index is 5.57. The van der Waals surface area contributed by atoms with Crippen LogP contribution in [0.25, 0.3) is 0 Å². The van der Waals surface area contributed by atoms with Gasteiger partial charge in [-0.15, -0.1) is 0 Å². The summed E-state index contributed by atoms with van der Waals surface area (Å²) in [5.74, 6) is 0.796. The van der Waals surface area contributed by atoms with Crippen LogP contribution in [0.2, 0.25) is 0 Å². The molecule has 2 fully saturated rings. The smallest absolute Gasteiger partial charge is 0.0528 e. The van der Waals surface area contributed by atoms with Crippen LogP contribution < -0.4 is 5.73 Å². The van der Waals surface area contributed by atoms with E-state index in [2.05, 4.69) is 9.80 Å². The monoisotopic (exact) mass is 185 g/mol. The molecule has 4 nitrogen and oxygen atoms in total. The fraction of sp³-hybridized carbons (Fsp3) is 1.00. The first-order valence-corrected chi connectivity index (χ1v) is 5.11. The fourth-order valence-corrected chi connectivity index (χ4v) is 1.91. The van der Waals surface area contributed by atoms with Crippen LogP contribution in [0.4, 0.5) is 0 Å². The number of hydrogen-bond acceptors (Lipinski definition) is 4. The van der Waals surface area contributed by atoms with E-state index in [4.69, 9.17) is 10.5 Å². The van der Waals surface area contributed by atoms with Gasteiger partial charge in [0.05, 0.1) is 13.2 Å². The molecule has 2 aliphatic heterocycles. The molecule has 0 aliphatic carbocycles. The normalized spacial score (nSPS) is 27.5. The Hall–Kier alpha value is -0.160. The van der Waals surface area contributed by atoms with Gasteiger partial charge in [0.15, 0.2) is 0 Å². The molecule has 13 heavy (non-hydrogen) atoms. The van der Waals surface area contributed by atoms with Gasteiger partial charge in [0.25, 0.3) is 0 Å². The van der Waals surface area contributed by atoms with Crippen molar-refractivity contribution in [3.8, 4) is 0 Å². The van der Waals surface area contributed by atoms with Crippen LogP contribution in [-0.4, -0.2) is 62.4 Å². The van der Waals surface area contributed by atoms with Crippen molar-refractivity contribution < 1.29 is 4.74 Å². The van der Waals surface area contributed by atoms with Crippen LogP contribution in [0.1, 0.15) is 0 Å². The maximum Gasteiger partial charge on any atom is 0.0528 e. The molecule has 0 amide bonds. The molecule has 4 heteroatoms. The second kappa shape index (κ2) is 4.37. The third kappa shape index (κ3) is 2.40. The van der Waals surface area contributed by atoms with Crippen LogP contribution in [0.15, 0.2) is 0 Å². The summed E-state index contributed by atoms with van der Waals surface area (Å²) in [5, 5.41) is 0. The Morgan fingerprint density at radius 1 is 1.08 bits per heavy atom. The molecule has 2 rings (SSSR count). The third-order valence-electron chi connectivity index (χ3n) is 2.95. The van der Waals surface area contributed by atoms with E-state index in [1.807, 2.05) is 0 Å². The van der Waals surface area contributed by atoms with Gasteiger partial charge >= 0.3 is 0 Å². The van der Waals surface area contributed by atoms with E-state index < -0.39 is 0 Å². The summed E-state index contributed by atoms with van der Waals surface area (Å²) >= 11 is 0. The summed E-state index contributed by atoms with van der Waals surface area (Å²) < 4.78 is 5.16. The lowest BCUT2D eigenvalue weighted by Crippen LogP contribution is -2.51. The van der Waals surface area contributed by atoms with Gasteiger partial charge in [-0.25, -0.2) is 0 Å². The molecule has 0 radical (unpaired) electrons. The minimum absolute atomic E-state index is 0.709. The minimum Gasteiger partial charge on any atom is -0.381 e. The predicted octanol–water partition coefficient (Wildman–Crippen LogP) is -0.833. The second-order valence-electron chi connectivity index (χ2n) is 4.00. The molecule has 0 saturated carbocycles. The lowest BCUT2D eigenvalue weighted by atomic mass is 10.1. The SMILES string of the molecule is NCN1CCN(CC2COC2)CC1. The van der Waals surface area contributed by atoms with Crippen molar-refractivity contribution in [3.05, 3.63) is 0 Å². The van der Waals surface area contributed by atoms with Gasteiger partial charge in [0.1, 0.15) is 0 Å². The molecule has 0 bridgehead atoms. The van der Waals surface area contributed by atoms with Gasteiger partial charge in [-0.2, -0.15) is 0 Å². The van der Waals surface area contributed by atoms with Gasteiger partial charge < -0.3 is 15.4 Å². The number of hydrogen-bond donors (Lipinski definition) is 1. The van der Waals surface area contributed by atoms with Crippen molar-refractivity contribution >= 4 is 0 Å². The number of nitrogens with two attached hydrogens (primary N) is 1. The fourth-order valence-electron chi connectivity index (χ4n) is 1.91. The van der Waals surface area contributed by atoms with Gasteiger partial charge in [-0.1, -0.05) is 0 Å². The molecular formula is C9H19N3O. The Kier molecular flexibility index (Phi) is 3.16. The van der Waals surface area contributed by atoms with E-state index in [-0.39, 0.29) is 0 Å². The van der Waals surface area contributed by atoms with E-state index in [0.717, 1.165) is 32.2 Å². The Morgan fingerprint density at radius 3 is 2.15 bits per heavy atom. The lowest BCUT2D eigenvalue weighted by Gasteiger charge is -2.37. The lowest BCUT2D eigenvalue weighted by molar-refractivity contribution is -0.0510. The van der Waals surface area contributed by atoms with Crippen LogP contribution in [-0.2, 0) is 4.74 Å². The highest BCUT2D eigenvalue weighted by atomic mass is 16.5. The third-order valence-corrected chi connectivity index (χ3v) is 2.95. The van der Waals surface area contributed by atoms with Crippen molar-refractivity contribution in [1.82, 2.24) is 9.80 Å². The molecule has 2 aliphatic rings. The highest BCUT2D eigenvalue weighted by Gasteiger charge is 2.23. The van der Waals surface area contributed by atoms with Crippen molar-refractivity contribution in [3.63, 3.8) is 0 Å². The molecule has 0 spiro atoms. The van der Waals surface area contributed by atoms with Gasteiger partial charge in [-0.05, 0) is 0 Å². The van der Waals surface area contributed by atoms with E-state index in [9.17, 15) is 0 Å². The van der Waals surface area contributed by atoms with Gasteiger partial charge in [-0.3, -0.25) is 4.90 Å². The predicted molar refractivity (Wildman–Crippen MR) is 51.4 cm³/mol. The van der Waals surface area contributed by atoms with Crippen molar-refractivity contribution in [2.45, 2.75) is 0 Å². The van der Waals surface area contributed by atoms with E-state index in [1.165, 1.54) is 19.6 Å². The minimum atomic E-state index is 0.709. The van der Waals surface area contributed by atoms with E-state index >= 15 is 0 Å². The average molecular weight is 185 g/mol. The van der Waals surface area contributed by atoms with Crippen molar-refractivity contribution in [2.24, 2.45) is 11.7 Å². The van der Waals surface area contributed by atoms with Crippen molar-refractivity contribution in [2.75, 3.05) is 52.6 Å². The Balaban J connectivity index is 1.65. The van der Waals surface area contributed by atoms with Crippen LogP contribution in [0, 0.1) is 5.92 Å². The molecule has 2 N–H and O–H groups in total. The van der Waals surface area contributed by atoms with E-state index in [1.54, 1.807) is 0 Å². The zero-order valence-electron chi connectivity index (χ0n) is 8.11. The summed E-state index contributed by atoms with van der Waals surface area (Å²) in [6.45, 7) is 8.47. The highest BCUT2D eigenvalue weighted by Crippen LogP contribution is 2.12. The zero-order chi connectivity index (χ0) is 9.10. The summed E-state index contributed by atoms with van der Waals surface area (Å²) in [5.41, 5.74) is 5.57. The van der Waals surface area contributed by atoms with Crippen LogP contribution in [0.5, 0.6) is 0 Å². The summed E-state index contributed by atoms with van der Waals surface area (Å²) in [6, 6.07) is 0. The molecular weight excluding hydrogens is 166 g/mol. The Bertz CT molecular complexity index is 153. The molecule has 0 aromatic rings. The molecule has 0 unspecified atom stereocenters. The highest BCUT2D eigenvalue weighted by molar-refractivity contribution is 4.76. The van der Waals surface area contributed by atoms with Crippen LogP contribution >= 0.6 is 0 Å². The number of piperazine rings is 1. The topological polar surface area (TPSA) is 41.7 Å². The average Bonchev–Trinajstić information content (AvgIpc) is 2.12. The first-order valence-electron chi connectivity index (χ1n) is 5.11. The quantitative estimate of drug-likeness (QED) is 0.623. The summed E-state index contributed by atoms with van der Waals surface area (Å²) in [7, 11) is 0. The maximum atomic E-state index is 5.57. The zero-order valence-corrected chi connectivity index (χ0v) is 8.11. The molecule has 0 atom stereocenters. The second-order valence-corrected chi connectivity index (χ2v) is 4.00. The summed E-state index contributed by atoms with van der Waals surface area (Å²) in [4.78, 5) is 4.83. The molecule has 2 heterocycles. The molecule has 0 aromatic carbocycles. The van der Waals surface area contributed by atoms with Gasteiger partial charge in [0, 0.05) is 45.3 Å². The van der Waals surface area contributed by atoms with E-state index in [0.29, 0.717) is 6.67 Å². The van der Waals surface area contributed by atoms with Gasteiger partial charge in [0.2, 0.25) is 0 Å². The number of ether oxygens (including phenoxy) is 1. The first-order chi connectivity index (χ1) is 6.38. The number of nitrogens with zero attached hydrogens (tertiary/aromatic N) is 2. The Morgan fingerprint density at radius 2 is 1.69 bits per heavy atom. The molecule has 2 saturated heterocycles. The molecule has 0 aromatic heterocycles. The van der Waals surface area contributed by atoms with Crippen LogP contribution in [0.3, 0.4) is 0 Å². The first kappa shape index (κ1) is 9.40. The largest absolute Gasteiger partial charge is 0.381 e.